The number of halogens is 1. The standard InChI is InChI=1S/C13H21ClN4/c1-2-15-13-16-10-11(14)12(17-13)18-8-6-4-3-5-7-9-18/h10H,2-9H2,1H3,(H,15,16,17). The van der Waals surface area contributed by atoms with Crippen molar-refractivity contribution in [1.29, 1.82) is 0 Å². The molecular formula is C13H21ClN4. The molecule has 0 aliphatic carbocycles. The van der Waals surface area contributed by atoms with E-state index in [1.54, 1.807) is 6.20 Å². The Kier molecular flexibility index (Phi) is 5.05. The molecule has 1 fully saturated rings. The van der Waals surface area contributed by atoms with Crippen molar-refractivity contribution in [3.8, 4) is 0 Å². The minimum absolute atomic E-state index is 0.650. The van der Waals surface area contributed by atoms with Crippen molar-refractivity contribution in [2.45, 2.75) is 39.0 Å². The van der Waals surface area contributed by atoms with Crippen LogP contribution in [0.4, 0.5) is 11.8 Å². The molecule has 18 heavy (non-hydrogen) atoms. The molecule has 2 rings (SSSR count). The molecular weight excluding hydrogens is 248 g/mol. The van der Waals surface area contributed by atoms with Gasteiger partial charge in [0.25, 0.3) is 0 Å². The number of nitrogens with zero attached hydrogens (tertiary/aromatic N) is 3. The molecule has 0 spiro atoms. The van der Waals surface area contributed by atoms with Gasteiger partial charge in [-0.2, -0.15) is 4.98 Å². The second-order valence-corrected chi connectivity index (χ2v) is 5.06. The number of aromatic nitrogens is 2. The third-order valence-electron chi connectivity index (χ3n) is 3.22. The Morgan fingerprint density at radius 2 is 1.89 bits per heavy atom. The SMILES string of the molecule is CCNc1ncc(Cl)c(N2CCCCCCC2)n1. The van der Waals surface area contributed by atoms with Crippen molar-refractivity contribution in [2.24, 2.45) is 0 Å². The monoisotopic (exact) mass is 268 g/mol. The van der Waals surface area contributed by atoms with Gasteiger partial charge in [0.05, 0.1) is 6.20 Å². The summed E-state index contributed by atoms with van der Waals surface area (Å²) in [4.78, 5) is 11.0. The number of rotatable bonds is 3. The van der Waals surface area contributed by atoms with Gasteiger partial charge in [0, 0.05) is 19.6 Å². The van der Waals surface area contributed by atoms with Crippen LogP contribution in [0.3, 0.4) is 0 Å². The zero-order valence-corrected chi connectivity index (χ0v) is 11.7. The highest BCUT2D eigenvalue weighted by molar-refractivity contribution is 6.32. The Labute approximate surface area is 114 Å². The molecule has 100 valence electrons. The quantitative estimate of drug-likeness (QED) is 0.913. The fourth-order valence-electron chi connectivity index (χ4n) is 2.28. The van der Waals surface area contributed by atoms with Crippen LogP contribution in [0.25, 0.3) is 0 Å². The molecule has 1 aliphatic rings. The molecule has 0 atom stereocenters. The van der Waals surface area contributed by atoms with Crippen LogP contribution in [0, 0.1) is 0 Å². The molecule has 0 aromatic carbocycles. The second kappa shape index (κ2) is 6.78. The highest BCUT2D eigenvalue weighted by Crippen LogP contribution is 2.25. The molecule has 1 N–H and O–H groups in total. The van der Waals surface area contributed by atoms with Crippen LogP contribution in [0.2, 0.25) is 5.02 Å². The summed E-state index contributed by atoms with van der Waals surface area (Å²) in [5.41, 5.74) is 0. The fourth-order valence-corrected chi connectivity index (χ4v) is 2.49. The van der Waals surface area contributed by atoms with Crippen LogP contribution in [0.15, 0.2) is 6.20 Å². The topological polar surface area (TPSA) is 41.1 Å². The molecule has 4 nitrogen and oxygen atoms in total. The first-order chi connectivity index (χ1) is 8.81. The lowest BCUT2D eigenvalue weighted by Crippen LogP contribution is -2.28. The van der Waals surface area contributed by atoms with E-state index in [0.717, 1.165) is 25.5 Å². The lowest BCUT2D eigenvalue weighted by atomic mass is 10.1. The Balaban J connectivity index is 2.15. The summed E-state index contributed by atoms with van der Waals surface area (Å²) in [7, 11) is 0. The zero-order valence-electron chi connectivity index (χ0n) is 11.0. The molecule has 0 radical (unpaired) electrons. The minimum Gasteiger partial charge on any atom is -0.355 e. The smallest absolute Gasteiger partial charge is 0.224 e. The first kappa shape index (κ1) is 13.4. The molecule has 2 heterocycles. The molecule has 1 aromatic heterocycles. The van der Waals surface area contributed by atoms with E-state index < -0.39 is 0 Å². The lowest BCUT2D eigenvalue weighted by Gasteiger charge is -2.26. The third kappa shape index (κ3) is 3.48. The minimum atomic E-state index is 0.650. The first-order valence-electron chi connectivity index (χ1n) is 6.82. The lowest BCUT2D eigenvalue weighted by molar-refractivity contribution is 0.553. The van der Waals surface area contributed by atoms with E-state index in [2.05, 4.69) is 20.2 Å². The van der Waals surface area contributed by atoms with E-state index in [4.69, 9.17) is 11.6 Å². The van der Waals surface area contributed by atoms with Crippen LogP contribution >= 0.6 is 11.6 Å². The van der Waals surface area contributed by atoms with Crippen LogP contribution in [0.5, 0.6) is 0 Å². The molecule has 0 unspecified atom stereocenters. The van der Waals surface area contributed by atoms with Crippen molar-refractivity contribution in [2.75, 3.05) is 29.9 Å². The molecule has 0 amide bonds. The molecule has 1 aromatic rings. The summed E-state index contributed by atoms with van der Waals surface area (Å²) in [6.45, 7) is 4.94. The van der Waals surface area contributed by atoms with Gasteiger partial charge < -0.3 is 10.2 Å². The van der Waals surface area contributed by atoms with Crippen LogP contribution in [0.1, 0.15) is 39.0 Å². The van der Waals surface area contributed by atoms with Crippen molar-refractivity contribution >= 4 is 23.4 Å². The van der Waals surface area contributed by atoms with E-state index in [-0.39, 0.29) is 0 Å². The number of hydrogen-bond donors (Lipinski definition) is 1. The predicted molar refractivity (Wildman–Crippen MR) is 76.5 cm³/mol. The van der Waals surface area contributed by atoms with Crippen molar-refractivity contribution in [3.63, 3.8) is 0 Å². The van der Waals surface area contributed by atoms with Crippen LogP contribution < -0.4 is 10.2 Å². The van der Waals surface area contributed by atoms with Gasteiger partial charge in [0.15, 0.2) is 5.82 Å². The summed E-state index contributed by atoms with van der Waals surface area (Å²) >= 11 is 6.23. The zero-order chi connectivity index (χ0) is 12.8. The van der Waals surface area contributed by atoms with Crippen molar-refractivity contribution < 1.29 is 0 Å². The average molecular weight is 269 g/mol. The Bertz CT molecular complexity index is 375. The maximum Gasteiger partial charge on any atom is 0.224 e. The summed E-state index contributed by atoms with van der Waals surface area (Å²) in [6.07, 6.45) is 8.10. The van der Waals surface area contributed by atoms with E-state index in [1.807, 2.05) is 6.92 Å². The fraction of sp³-hybridized carbons (Fsp3) is 0.692. The van der Waals surface area contributed by atoms with Crippen LogP contribution in [-0.4, -0.2) is 29.6 Å². The van der Waals surface area contributed by atoms with Gasteiger partial charge >= 0.3 is 0 Å². The van der Waals surface area contributed by atoms with E-state index in [0.29, 0.717) is 11.0 Å². The number of hydrogen-bond acceptors (Lipinski definition) is 4. The van der Waals surface area contributed by atoms with Crippen molar-refractivity contribution in [3.05, 3.63) is 11.2 Å². The highest BCUT2D eigenvalue weighted by Gasteiger charge is 2.14. The van der Waals surface area contributed by atoms with Gasteiger partial charge in [0.2, 0.25) is 5.95 Å². The molecule has 1 aliphatic heterocycles. The van der Waals surface area contributed by atoms with Gasteiger partial charge in [-0.05, 0) is 19.8 Å². The highest BCUT2D eigenvalue weighted by atomic mass is 35.5. The van der Waals surface area contributed by atoms with Crippen molar-refractivity contribution in [1.82, 2.24) is 9.97 Å². The molecule has 5 heteroatoms. The summed E-state index contributed by atoms with van der Waals surface area (Å²) in [6, 6.07) is 0. The van der Waals surface area contributed by atoms with E-state index in [1.165, 1.54) is 32.1 Å². The maximum atomic E-state index is 6.23. The number of nitrogens with one attached hydrogen (secondary N) is 1. The van der Waals surface area contributed by atoms with E-state index >= 15 is 0 Å². The van der Waals surface area contributed by atoms with Gasteiger partial charge in [-0.3, -0.25) is 0 Å². The van der Waals surface area contributed by atoms with Gasteiger partial charge in [-0.15, -0.1) is 0 Å². The Morgan fingerprint density at radius 3 is 2.56 bits per heavy atom. The van der Waals surface area contributed by atoms with Gasteiger partial charge in [-0.1, -0.05) is 30.9 Å². The van der Waals surface area contributed by atoms with Crippen LogP contribution in [-0.2, 0) is 0 Å². The van der Waals surface area contributed by atoms with E-state index in [9.17, 15) is 0 Å². The predicted octanol–water partition coefficient (Wildman–Crippen LogP) is 3.33. The average Bonchev–Trinajstić information content (AvgIpc) is 2.32. The Morgan fingerprint density at radius 1 is 1.22 bits per heavy atom. The summed E-state index contributed by atoms with van der Waals surface area (Å²) in [5.74, 6) is 1.54. The summed E-state index contributed by atoms with van der Waals surface area (Å²) in [5, 5.41) is 3.78. The number of anilines is 2. The summed E-state index contributed by atoms with van der Waals surface area (Å²) < 4.78 is 0. The molecule has 0 bridgehead atoms. The molecule has 0 saturated carbocycles. The third-order valence-corrected chi connectivity index (χ3v) is 3.48. The normalized spacial score (nSPS) is 17.1. The maximum absolute atomic E-state index is 6.23. The largest absolute Gasteiger partial charge is 0.355 e. The van der Waals surface area contributed by atoms with Gasteiger partial charge in [-0.25, -0.2) is 4.98 Å². The second-order valence-electron chi connectivity index (χ2n) is 4.65. The Hall–Kier alpha value is -1.03. The van der Waals surface area contributed by atoms with Gasteiger partial charge in [0.1, 0.15) is 5.02 Å². The first-order valence-corrected chi connectivity index (χ1v) is 7.20. The molecule has 1 saturated heterocycles.